The lowest BCUT2D eigenvalue weighted by atomic mass is 9.99. The van der Waals surface area contributed by atoms with Gasteiger partial charge in [0.2, 0.25) is 0 Å². The lowest BCUT2D eigenvalue weighted by Crippen LogP contribution is -2.21. The van der Waals surface area contributed by atoms with Crippen LogP contribution < -0.4 is 5.32 Å². The van der Waals surface area contributed by atoms with Crippen molar-refractivity contribution in [2.45, 2.75) is 30.2 Å². The Hall–Kier alpha value is -1.00. The van der Waals surface area contributed by atoms with Crippen molar-refractivity contribution in [3.63, 3.8) is 0 Å². The topological polar surface area (TPSA) is 38.3 Å². The number of ether oxygens (including phenoxy) is 1. The third kappa shape index (κ3) is 3.06. The molecule has 1 aliphatic heterocycles. The van der Waals surface area contributed by atoms with Crippen LogP contribution in [-0.4, -0.2) is 25.9 Å². The second-order valence-corrected chi connectivity index (χ2v) is 5.58. The molecule has 1 atom stereocenters. The molecule has 0 aliphatic carbocycles. The second-order valence-electron chi connectivity index (χ2n) is 4.44. The number of hydrogen-bond donors (Lipinski definition) is 1. The Morgan fingerprint density at radius 3 is 3.11 bits per heavy atom. The first-order valence-corrected chi connectivity index (χ1v) is 7.23. The number of fused-ring (bicyclic) bond motifs is 1. The highest BCUT2D eigenvalue weighted by atomic mass is 32.2. The molecule has 1 heterocycles. The zero-order valence-electron chi connectivity index (χ0n) is 10.9. The van der Waals surface area contributed by atoms with Crippen molar-refractivity contribution in [2.24, 2.45) is 0 Å². The molecule has 0 aromatic heterocycles. The van der Waals surface area contributed by atoms with Crippen molar-refractivity contribution in [3.05, 3.63) is 29.3 Å². The molecule has 0 bridgehead atoms. The van der Waals surface area contributed by atoms with Crippen molar-refractivity contribution in [1.29, 1.82) is 0 Å². The van der Waals surface area contributed by atoms with E-state index in [0.29, 0.717) is 6.42 Å². The van der Waals surface area contributed by atoms with Gasteiger partial charge in [-0.25, -0.2) is 0 Å². The molecule has 1 unspecified atom stereocenters. The average molecular weight is 265 g/mol. The predicted octanol–water partition coefficient (Wildman–Crippen LogP) is 2.55. The molecule has 0 radical (unpaired) electrons. The Kier molecular flexibility index (Phi) is 4.66. The predicted molar refractivity (Wildman–Crippen MR) is 73.9 cm³/mol. The van der Waals surface area contributed by atoms with Gasteiger partial charge in [0, 0.05) is 10.9 Å². The van der Waals surface area contributed by atoms with E-state index in [1.807, 2.05) is 18.8 Å². The molecule has 0 amide bonds. The van der Waals surface area contributed by atoms with Crippen molar-refractivity contribution in [2.75, 3.05) is 19.9 Å². The summed E-state index contributed by atoms with van der Waals surface area (Å²) in [5, 5.41) is 3.18. The van der Waals surface area contributed by atoms with Crippen LogP contribution in [0.15, 0.2) is 23.1 Å². The molecule has 2 rings (SSSR count). The molecule has 1 aliphatic rings. The van der Waals surface area contributed by atoms with Crippen molar-refractivity contribution >= 4 is 17.7 Å². The maximum atomic E-state index is 11.4. The third-order valence-corrected chi connectivity index (χ3v) is 4.48. The maximum absolute atomic E-state index is 11.4. The molecule has 18 heavy (non-hydrogen) atoms. The normalized spacial score (nSPS) is 15.9. The van der Waals surface area contributed by atoms with Crippen LogP contribution in [0.5, 0.6) is 0 Å². The lowest BCUT2D eigenvalue weighted by molar-refractivity contribution is -0.141. The number of thioether (sulfide) groups is 1. The number of methoxy groups -OCH3 is 1. The number of carbonyl (C=O) groups is 1. The second kappa shape index (κ2) is 6.25. The van der Waals surface area contributed by atoms with Crippen LogP contribution >= 0.6 is 11.8 Å². The van der Waals surface area contributed by atoms with E-state index >= 15 is 0 Å². The third-order valence-electron chi connectivity index (χ3n) is 3.28. The molecule has 1 aromatic carbocycles. The molecule has 1 aromatic rings. The summed E-state index contributed by atoms with van der Waals surface area (Å²) in [6, 6.07) is 6.55. The maximum Gasteiger partial charge on any atom is 0.307 e. The molecule has 1 N–H and O–H groups in total. The van der Waals surface area contributed by atoms with E-state index in [-0.39, 0.29) is 12.0 Å². The summed E-state index contributed by atoms with van der Waals surface area (Å²) < 4.78 is 4.73. The zero-order valence-corrected chi connectivity index (χ0v) is 11.7. The monoisotopic (exact) mass is 265 g/mol. The van der Waals surface area contributed by atoms with Crippen LogP contribution in [0.3, 0.4) is 0 Å². The van der Waals surface area contributed by atoms with Gasteiger partial charge < -0.3 is 10.1 Å². The minimum atomic E-state index is -0.179. The van der Waals surface area contributed by atoms with Gasteiger partial charge in [0.1, 0.15) is 0 Å². The molecule has 0 saturated heterocycles. The van der Waals surface area contributed by atoms with Gasteiger partial charge in [0.05, 0.1) is 13.5 Å². The minimum absolute atomic E-state index is 0.0367. The summed E-state index contributed by atoms with van der Waals surface area (Å²) in [6.45, 7) is 0. The van der Waals surface area contributed by atoms with E-state index in [2.05, 4.69) is 23.5 Å². The van der Waals surface area contributed by atoms with Crippen LogP contribution in [-0.2, 0) is 16.0 Å². The molecular formula is C14H19NO2S. The summed E-state index contributed by atoms with van der Waals surface area (Å²) in [5.74, 6) is 1.03. The van der Waals surface area contributed by atoms with Gasteiger partial charge in [0.25, 0.3) is 0 Å². The van der Waals surface area contributed by atoms with Crippen molar-refractivity contribution < 1.29 is 9.53 Å². The standard InChI is InChI=1S/C14H19NO2S/c1-15-12(9-14(16)17-2)10-5-6-13-11(8-10)4-3-7-18-13/h5-6,8,12,15H,3-4,7,9H2,1-2H3. The SMILES string of the molecule is CNC(CC(=O)OC)c1ccc2c(c1)CCCS2. The molecule has 0 saturated carbocycles. The Morgan fingerprint density at radius 2 is 2.39 bits per heavy atom. The first-order chi connectivity index (χ1) is 8.74. The number of carbonyl (C=O) groups excluding carboxylic acids is 1. The largest absolute Gasteiger partial charge is 0.469 e. The van der Waals surface area contributed by atoms with Crippen LogP contribution in [0.25, 0.3) is 0 Å². The average Bonchev–Trinajstić information content (AvgIpc) is 2.44. The summed E-state index contributed by atoms with van der Waals surface area (Å²) >= 11 is 1.92. The molecular weight excluding hydrogens is 246 g/mol. The number of benzene rings is 1. The van der Waals surface area contributed by atoms with Crippen molar-refractivity contribution in [1.82, 2.24) is 5.32 Å². The Bertz CT molecular complexity index is 434. The van der Waals surface area contributed by atoms with Gasteiger partial charge in [-0.3, -0.25) is 4.79 Å². The fourth-order valence-corrected chi connectivity index (χ4v) is 3.25. The highest BCUT2D eigenvalue weighted by molar-refractivity contribution is 7.99. The summed E-state index contributed by atoms with van der Waals surface area (Å²) in [5.41, 5.74) is 2.58. The Labute approximate surface area is 112 Å². The first kappa shape index (κ1) is 13.4. The fraction of sp³-hybridized carbons (Fsp3) is 0.500. The van der Waals surface area contributed by atoms with Gasteiger partial charge in [-0.1, -0.05) is 12.1 Å². The molecule has 0 spiro atoms. The van der Waals surface area contributed by atoms with Gasteiger partial charge in [-0.05, 0) is 42.8 Å². The Morgan fingerprint density at radius 1 is 1.56 bits per heavy atom. The number of hydrogen-bond acceptors (Lipinski definition) is 4. The first-order valence-electron chi connectivity index (χ1n) is 6.24. The Balaban J connectivity index is 2.18. The summed E-state index contributed by atoms with van der Waals surface area (Å²) in [6.07, 6.45) is 2.76. The van der Waals surface area contributed by atoms with Crippen LogP contribution in [0.1, 0.15) is 30.0 Å². The van der Waals surface area contributed by atoms with E-state index in [4.69, 9.17) is 4.74 Å². The van der Waals surface area contributed by atoms with Gasteiger partial charge in [-0.2, -0.15) is 0 Å². The summed E-state index contributed by atoms with van der Waals surface area (Å²) in [7, 11) is 3.31. The minimum Gasteiger partial charge on any atom is -0.469 e. The van der Waals surface area contributed by atoms with E-state index < -0.39 is 0 Å². The number of aryl methyl sites for hydroxylation is 1. The quantitative estimate of drug-likeness (QED) is 0.849. The van der Waals surface area contributed by atoms with Crippen LogP contribution in [0, 0.1) is 0 Å². The molecule has 4 heteroatoms. The smallest absolute Gasteiger partial charge is 0.307 e. The molecule has 98 valence electrons. The molecule has 0 fully saturated rings. The van der Waals surface area contributed by atoms with Gasteiger partial charge >= 0.3 is 5.97 Å². The summed E-state index contributed by atoms with van der Waals surface area (Å²) in [4.78, 5) is 12.8. The number of esters is 1. The van der Waals surface area contributed by atoms with E-state index in [9.17, 15) is 4.79 Å². The van der Waals surface area contributed by atoms with E-state index in [1.54, 1.807) is 0 Å². The number of rotatable bonds is 4. The van der Waals surface area contributed by atoms with Crippen LogP contribution in [0.2, 0.25) is 0 Å². The highest BCUT2D eigenvalue weighted by Crippen LogP contribution is 2.32. The van der Waals surface area contributed by atoms with Crippen molar-refractivity contribution in [3.8, 4) is 0 Å². The lowest BCUT2D eigenvalue weighted by Gasteiger charge is -2.20. The van der Waals surface area contributed by atoms with E-state index in [0.717, 1.165) is 6.42 Å². The zero-order chi connectivity index (χ0) is 13.0. The molecule has 3 nitrogen and oxygen atoms in total. The fourth-order valence-electron chi connectivity index (χ4n) is 2.23. The van der Waals surface area contributed by atoms with Gasteiger partial charge in [0.15, 0.2) is 0 Å². The number of nitrogens with one attached hydrogen (secondary N) is 1. The van der Waals surface area contributed by atoms with E-state index in [1.165, 1.54) is 35.3 Å². The highest BCUT2D eigenvalue weighted by Gasteiger charge is 2.17. The van der Waals surface area contributed by atoms with Gasteiger partial charge in [-0.15, -0.1) is 11.8 Å². The van der Waals surface area contributed by atoms with Crippen LogP contribution in [0.4, 0.5) is 0 Å².